The Morgan fingerprint density at radius 2 is 1.04 bits per heavy atom. The molecule has 0 spiro atoms. The van der Waals surface area contributed by atoms with Gasteiger partial charge >= 0.3 is 0 Å². The minimum absolute atomic E-state index is 0.163. The SMILES string of the molecule is O=C(NC1CC1)c1cccc(C(=O)NC2CC2)c1C(=O)NC1CC1. The molecule has 0 unspecified atom stereocenters. The Morgan fingerprint density at radius 1 is 0.667 bits per heavy atom. The molecule has 3 fully saturated rings. The van der Waals surface area contributed by atoms with Gasteiger partial charge in [-0.15, -0.1) is 0 Å². The van der Waals surface area contributed by atoms with E-state index in [9.17, 15) is 14.4 Å². The highest BCUT2D eigenvalue weighted by Gasteiger charge is 2.32. The summed E-state index contributed by atoms with van der Waals surface area (Å²) < 4.78 is 0. The molecule has 6 nitrogen and oxygen atoms in total. The van der Waals surface area contributed by atoms with E-state index in [4.69, 9.17) is 0 Å². The van der Waals surface area contributed by atoms with Crippen molar-refractivity contribution in [3.8, 4) is 0 Å². The van der Waals surface area contributed by atoms with Crippen LogP contribution in [0.5, 0.6) is 0 Å². The fourth-order valence-corrected chi connectivity index (χ4v) is 2.64. The highest BCUT2D eigenvalue weighted by atomic mass is 16.2. The quantitative estimate of drug-likeness (QED) is 0.737. The smallest absolute Gasteiger partial charge is 0.253 e. The normalized spacial score (nSPS) is 19.5. The molecule has 0 heterocycles. The monoisotopic (exact) mass is 327 g/mol. The largest absolute Gasteiger partial charge is 0.349 e. The first-order chi connectivity index (χ1) is 11.6. The third-order valence-electron chi connectivity index (χ3n) is 4.52. The van der Waals surface area contributed by atoms with Gasteiger partial charge in [0, 0.05) is 18.1 Å². The zero-order valence-corrected chi connectivity index (χ0v) is 13.4. The molecule has 6 heteroatoms. The topological polar surface area (TPSA) is 87.3 Å². The van der Waals surface area contributed by atoms with Crippen molar-refractivity contribution in [2.45, 2.75) is 56.7 Å². The van der Waals surface area contributed by atoms with Crippen LogP contribution in [0.2, 0.25) is 0 Å². The summed E-state index contributed by atoms with van der Waals surface area (Å²) in [6.45, 7) is 0. The first-order valence-corrected chi connectivity index (χ1v) is 8.67. The Morgan fingerprint density at radius 3 is 1.42 bits per heavy atom. The van der Waals surface area contributed by atoms with Crippen LogP contribution >= 0.6 is 0 Å². The van der Waals surface area contributed by atoms with Gasteiger partial charge in [0.15, 0.2) is 0 Å². The summed E-state index contributed by atoms with van der Waals surface area (Å²) in [6, 6.07) is 5.45. The summed E-state index contributed by atoms with van der Waals surface area (Å²) in [5, 5.41) is 8.71. The molecule has 0 aliphatic heterocycles. The van der Waals surface area contributed by atoms with Crippen LogP contribution in [-0.2, 0) is 0 Å². The molecule has 1 aromatic rings. The zero-order chi connectivity index (χ0) is 16.7. The predicted octanol–water partition coefficient (Wildman–Crippen LogP) is 1.36. The number of amides is 3. The van der Waals surface area contributed by atoms with E-state index in [1.807, 2.05) is 0 Å². The van der Waals surface area contributed by atoms with Crippen LogP contribution in [0.4, 0.5) is 0 Å². The maximum Gasteiger partial charge on any atom is 0.253 e. The lowest BCUT2D eigenvalue weighted by atomic mass is 9.98. The Balaban J connectivity index is 1.66. The van der Waals surface area contributed by atoms with E-state index in [1.165, 1.54) is 0 Å². The lowest BCUT2D eigenvalue weighted by Gasteiger charge is -2.14. The fourth-order valence-electron chi connectivity index (χ4n) is 2.64. The molecule has 0 bridgehead atoms. The van der Waals surface area contributed by atoms with Crippen LogP contribution in [-0.4, -0.2) is 35.8 Å². The van der Waals surface area contributed by atoms with Gasteiger partial charge in [-0.05, 0) is 50.7 Å². The van der Waals surface area contributed by atoms with Gasteiger partial charge in [0.25, 0.3) is 17.7 Å². The van der Waals surface area contributed by atoms with E-state index < -0.39 is 0 Å². The highest BCUT2D eigenvalue weighted by Crippen LogP contribution is 2.25. The second kappa shape index (κ2) is 5.92. The van der Waals surface area contributed by atoms with E-state index >= 15 is 0 Å². The summed E-state index contributed by atoms with van der Waals surface area (Å²) >= 11 is 0. The van der Waals surface area contributed by atoms with Crippen molar-refractivity contribution >= 4 is 17.7 Å². The average molecular weight is 327 g/mol. The van der Waals surface area contributed by atoms with Crippen molar-refractivity contribution in [2.24, 2.45) is 0 Å². The van der Waals surface area contributed by atoms with E-state index in [0.29, 0.717) is 0 Å². The van der Waals surface area contributed by atoms with Crippen molar-refractivity contribution in [1.29, 1.82) is 0 Å². The molecule has 3 saturated carbocycles. The van der Waals surface area contributed by atoms with Gasteiger partial charge in [-0.3, -0.25) is 14.4 Å². The van der Waals surface area contributed by atoms with Crippen molar-refractivity contribution in [2.75, 3.05) is 0 Å². The summed E-state index contributed by atoms with van der Waals surface area (Å²) in [7, 11) is 0. The molecule has 3 aliphatic carbocycles. The first-order valence-electron chi connectivity index (χ1n) is 8.67. The molecule has 3 amide bonds. The Hall–Kier alpha value is -2.37. The first kappa shape index (κ1) is 15.2. The molecule has 4 rings (SSSR count). The van der Waals surface area contributed by atoms with Gasteiger partial charge in [-0.1, -0.05) is 6.07 Å². The van der Waals surface area contributed by atoms with Crippen LogP contribution in [0, 0.1) is 0 Å². The van der Waals surface area contributed by atoms with E-state index in [-0.39, 0.29) is 52.5 Å². The molecule has 1 aromatic carbocycles. The van der Waals surface area contributed by atoms with Crippen LogP contribution in [0.25, 0.3) is 0 Å². The second-order valence-electron chi connectivity index (χ2n) is 6.97. The summed E-state index contributed by atoms with van der Waals surface area (Å²) in [5.41, 5.74) is 0.757. The maximum atomic E-state index is 12.7. The molecular formula is C18H21N3O3. The number of rotatable bonds is 6. The summed E-state index contributed by atoms with van der Waals surface area (Å²) in [4.78, 5) is 37.7. The standard InChI is InChI=1S/C18H21N3O3/c22-16(19-10-4-5-10)13-2-1-3-14(17(23)20-11-6-7-11)15(13)18(24)21-12-8-9-12/h1-3,10-12H,4-9H2,(H,19,22)(H,20,23)(H,21,24). The second-order valence-corrected chi connectivity index (χ2v) is 6.97. The van der Waals surface area contributed by atoms with Gasteiger partial charge in [-0.25, -0.2) is 0 Å². The molecule has 3 aliphatic rings. The third-order valence-corrected chi connectivity index (χ3v) is 4.52. The Bertz CT molecular complexity index is 659. The molecule has 0 aromatic heterocycles. The van der Waals surface area contributed by atoms with Crippen molar-refractivity contribution in [3.63, 3.8) is 0 Å². The van der Waals surface area contributed by atoms with E-state index in [2.05, 4.69) is 16.0 Å². The van der Waals surface area contributed by atoms with Crippen LogP contribution in [0.1, 0.15) is 69.6 Å². The van der Waals surface area contributed by atoms with Gasteiger partial charge < -0.3 is 16.0 Å². The van der Waals surface area contributed by atoms with Crippen LogP contribution in [0.15, 0.2) is 18.2 Å². The van der Waals surface area contributed by atoms with Crippen molar-refractivity contribution in [3.05, 3.63) is 34.9 Å². The molecular weight excluding hydrogens is 306 g/mol. The minimum atomic E-state index is -0.333. The van der Waals surface area contributed by atoms with Gasteiger partial charge in [0.2, 0.25) is 0 Å². The maximum absolute atomic E-state index is 12.7. The molecule has 0 atom stereocenters. The van der Waals surface area contributed by atoms with Gasteiger partial charge in [0.1, 0.15) is 0 Å². The van der Waals surface area contributed by atoms with E-state index in [1.54, 1.807) is 18.2 Å². The average Bonchev–Trinajstić information content (AvgIpc) is 3.39. The summed E-state index contributed by atoms with van der Waals surface area (Å²) in [5.74, 6) is -0.890. The predicted molar refractivity (Wildman–Crippen MR) is 87.9 cm³/mol. The minimum Gasteiger partial charge on any atom is -0.349 e. The Kier molecular flexibility index (Phi) is 3.75. The van der Waals surface area contributed by atoms with E-state index in [0.717, 1.165) is 38.5 Å². The molecule has 24 heavy (non-hydrogen) atoms. The highest BCUT2D eigenvalue weighted by molar-refractivity contribution is 6.14. The summed E-state index contributed by atoms with van der Waals surface area (Å²) in [6.07, 6.45) is 5.78. The van der Waals surface area contributed by atoms with Gasteiger partial charge in [0.05, 0.1) is 16.7 Å². The number of hydrogen-bond acceptors (Lipinski definition) is 3. The van der Waals surface area contributed by atoms with Crippen molar-refractivity contribution < 1.29 is 14.4 Å². The number of nitrogens with one attached hydrogen (secondary N) is 3. The van der Waals surface area contributed by atoms with Crippen molar-refractivity contribution in [1.82, 2.24) is 16.0 Å². The number of hydrogen-bond donors (Lipinski definition) is 3. The molecule has 0 radical (unpaired) electrons. The fraction of sp³-hybridized carbons (Fsp3) is 0.500. The third kappa shape index (κ3) is 3.42. The molecule has 126 valence electrons. The zero-order valence-electron chi connectivity index (χ0n) is 13.4. The number of carbonyl (C=O) groups is 3. The van der Waals surface area contributed by atoms with Crippen LogP contribution in [0.3, 0.4) is 0 Å². The Labute approximate surface area is 140 Å². The van der Waals surface area contributed by atoms with Gasteiger partial charge in [-0.2, -0.15) is 0 Å². The lowest BCUT2D eigenvalue weighted by Crippen LogP contribution is -2.35. The number of benzene rings is 1. The molecule has 0 saturated heterocycles. The van der Waals surface area contributed by atoms with Crippen LogP contribution < -0.4 is 16.0 Å². The molecule has 3 N–H and O–H groups in total. The lowest BCUT2D eigenvalue weighted by molar-refractivity contribution is 0.0902. The number of carbonyl (C=O) groups excluding carboxylic acids is 3.